The van der Waals surface area contributed by atoms with Gasteiger partial charge >= 0.3 is 5.97 Å². The lowest BCUT2D eigenvalue weighted by molar-refractivity contribution is -0.138. The van der Waals surface area contributed by atoms with Gasteiger partial charge in [-0.15, -0.1) is 0 Å². The van der Waals surface area contributed by atoms with Crippen molar-refractivity contribution >= 4 is 28.9 Å². The van der Waals surface area contributed by atoms with E-state index in [1.165, 1.54) is 0 Å². The highest BCUT2D eigenvalue weighted by Crippen LogP contribution is 1.97. The summed E-state index contributed by atoms with van der Waals surface area (Å²) in [6.45, 7) is 0. The Kier molecular flexibility index (Phi) is 12.2. The molecule has 0 rings (SSSR count). The number of aliphatic carboxylic acids is 1. The molecule has 0 amide bonds. The monoisotopic (exact) mass is 227 g/mol. The Bertz CT molecular complexity index is 130. The predicted octanol–water partition coefficient (Wildman–Crippen LogP) is 0.146. The zero-order chi connectivity index (χ0) is 10.9. The Morgan fingerprint density at radius 3 is 2.31 bits per heavy atom. The second-order valence-corrected chi connectivity index (χ2v) is 4.94. The van der Waals surface area contributed by atoms with E-state index in [-0.39, 0.29) is 0 Å². The van der Waals surface area contributed by atoms with Gasteiger partial charge in [0.05, 0.1) is 12.5 Å². The van der Waals surface area contributed by atoms with Crippen LogP contribution in [0.5, 0.6) is 0 Å². The smallest absolute Gasteiger partial charge is 0.320 e. The molecule has 0 radical (unpaired) electrons. The number of carboxylic acid groups (broad SMARTS) is 1. The third-order valence-corrected chi connectivity index (χ3v) is 1.59. The molecule has 0 unspecified atom stereocenters. The molecule has 0 aromatic carbocycles. The number of rotatable bonds is 4. The lowest BCUT2D eigenvalue weighted by atomic mass is 10.2. The molecule has 0 aromatic heterocycles. The van der Waals surface area contributed by atoms with E-state index in [2.05, 4.69) is 0 Å². The summed E-state index contributed by atoms with van der Waals surface area (Å²) in [5.41, 5.74) is 5.19. The van der Waals surface area contributed by atoms with Crippen molar-refractivity contribution < 1.29 is 14.5 Å². The van der Waals surface area contributed by atoms with Gasteiger partial charge in [-0.1, -0.05) is 11.2 Å². The second-order valence-electron chi connectivity index (χ2n) is 2.47. The standard InChI is InChI=1S/C5H11NO2S.C2H6OS/c1-9-3-2-4(6)5(7)8;1-4(2)3/h4H,2-3,6H2,1H3,(H,7,8);1-2H3/t4-;/m0./s1. The molecule has 3 N–H and O–H groups in total. The van der Waals surface area contributed by atoms with Gasteiger partial charge in [0, 0.05) is 0 Å². The molecular formula is C7H17NO3S2. The van der Waals surface area contributed by atoms with Gasteiger partial charge in [-0.3, -0.25) is 4.79 Å². The van der Waals surface area contributed by atoms with Gasteiger partial charge in [-0.05, 0) is 18.4 Å². The van der Waals surface area contributed by atoms with Crippen molar-refractivity contribution in [3.8, 4) is 0 Å². The van der Waals surface area contributed by atoms with Gasteiger partial charge in [0.25, 0.3) is 0 Å². The summed E-state index contributed by atoms with van der Waals surface area (Å²) in [6.07, 6.45) is 5.76. The fraction of sp³-hybridized carbons (Fsp3) is 0.857. The number of hydrogen-bond donors (Lipinski definition) is 2. The average molecular weight is 227 g/mol. The average Bonchev–Trinajstić information content (AvgIpc) is 1.98. The van der Waals surface area contributed by atoms with E-state index in [0.717, 1.165) is 5.75 Å². The maximum Gasteiger partial charge on any atom is 0.320 e. The Morgan fingerprint density at radius 1 is 1.69 bits per heavy atom. The van der Waals surface area contributed by atoms with Gasteiger partial charge in [0.2, 0.25) is 0 Å². The van der Waals surface area contributed by atoms with Crippen LogP contribution in [0, 0.1) is 0 Å². The molecule has 6 heteroatoms. The molecule has 0 aliphatic rings. The summed E-state index contributed by atoms with van der Waals surface area (Å²) in [4.78, 5) is 10.1. The normalized spacial score (nSPS) is 11.8. The van der Waals surface area contributed by atoms with Crippen molar-refractivity contribution in [2.45, 2.75) is 12.5 Å². The van der Waals surface area contributed by atoms with E-state index in [9.17, 15) is 9.35 Å². The Morgan fingerprint density at radius 2 is 2.08 bits per heavy atom. The minimum absolute atomic E-state index is 0.552. The number of carbonyl (C=O) groups is 1. The van der Waals surface area contributed by atoms with Crippen molar-refractivity contribution in [1.29, 1.82) is 0 Å². The van der Waals surface area contributed by atoms with Crippen LogP contribution in [-0.2, 0) is 16.0 Å². The highest BCUT2D eigenvalue weighted by molar-refractivity contribution is 7.98. The first-order chi connectivity index (χ1) is 5.91. The van der Waals surface area contributed by atoms with Gasteiger partial charge in [0.1, 0.15) is 6.04 Å². The summed E-state index contributed by atoms with van der Waals surface area (Å²) < 4.78 is 9.56. The minimum atomic E-state index is -0.913. The zero-order valence-corrected chi connectivity index (χ0v) is 9.78. The van der Waals surface area contributed by atoms with E-state index in [1.54, 1.807) is 24.3 Å². The van der Waals surface area contributed by atoms with Crippen molar-refractivity contribution in [2.75, 3.05) is 24.5 Å². The largest absolute Gasteiger partial charge is 0.617 e. The predicted molar refractivity (Wildman–Crippen MR) is 58.6 cm³/mol. The molecule has 0 spiro atoms. The lowest BCUT2D eigenvalue weighted by Gasteiger charge is -2.02. The lowest BCUT2D eigenvalue weighted by Crippen LogP contribution is -2.30. The molecule has 0 aromatic rings. The molecule has 0 saturated carbocycles. The zero-order valence-electron chi connectivity index (χ0n) is 8.15. The molecule has 13 heavy (non-hydrogen) atoms. The van der Waals surface area contributed by atoms with Crippen molar-refractivity contribution in [3.05, 3.63) is 0 Å². The summed E-state index contributed by atoms with van der Waals surface area (Å²) in [6, 6.07) is -0.683. The molecule has 0 saturated heterocycles. The summed E-state index contributed by atoms with van der Waals surface area (Å²) in [5, 5.41) is 8.27. The van der Waals surface area contributed by atoms with Crippen molar-refractivity contribution in [3.63, 3.8) is 0 Å². The van der Waals surface area contributed by atoms with E-state index in [1.807, 2.05) is 6.26 Å². The van der Waals surface area contributed by atoms with E-state index in [0.29, 0.717) is 6.42 Å². The Labute approximate surface area is 86.4 Å². The van der Waals surface area contributed by atoms with Gasteiger partial charge in [0.15, 0.2) is 0 Å². The van der Waals surface area contributed by atoms with E-state index < -0.39 is 23.2 Å². The third kappa shape index (κ3) is 18.8. The van der Waals surface area contributed by atoms with Crippen LogP contribution in [0.2, 0.25) is 0 Å². The van der Waals surface area contributed by atoms with Crippen LogP contribution in [0.3, 0.4) is 0 Å². The van der Waals surface area contributed by atoms with Gasteiger partial charge in [-0.2, -0.15) is 11.8 Å². The third-order valence-electron chi connectivity index (χ3n) is 0.950. The maximum absolute atomic E-state index is 10.1. The van der Waals surface area contributed by atoms with E-state index in [4.69, 9.17) is 10.8 Å². The van der Waals surface area contributed by atoms with Crippen LogP contribution < -0.4 is 5.73 Å². The number of nitrogens with two attached hydrogens (primary N) is 1. The molecule has 0 bridgehead atoms. The van der Waals surface area contributed by atoms with Gasteiger partial charge < -0.3 is 15.4 Å². The number of carboxylic acids is 1. The first-order valence-corrected chi connectivity index (χ1v) is 7.00. The van der Waals surface area contributed by atoms with Crippen molar-refractivity contribution in [1.82, 2.24) is 0 Å². The molecule has 80 valence electrons. The molecule has 4 nitrogen and oxygen atoms in total. The maximum atomic E-state index is 10.1. The van der Waals surface area contributed by atoms with Crippen LogP contribution >= 0.6 is 11.8 Å². The molecule has 0 aliphatic carbocycles. The van der Waals surface area contributed by atoms with Crippen LogP contribution in [0.4, 0.5) is 0 Å². The summed E-state index contributed by atoms with van der Waals surface area (Å²) >= 11 is 0.993. The summed E-state index contributed by atoms with van der Waals surface area (Å²) in [5.74, 6) is -0.1000. The first-order valence-electron chi connectivity index (χ1n) is 3.64. The molecule has 0 heterocycles. The van der Waals surface area contributed by atoms with Crippen LogP contribution in [0.15, 0.2) is 0 Å². The molecular weight excluding hydrogens is 210 g/mol. The second kappa shape index (κ2) is 10.2. The van der Waals surface area contributed by atoms with Gasteiger partial charge in [-0.25, -0.2) is 0 Å². The minimum Gasteiger partial charge on any atom is -0.617 e. The molecule has 0 fully saturated rings. The quantitative estimate of drug-likeness (QED) is 0.667. The van der Waals surface area contributed by atoms with Crippen LogP contribution in [0.1, 0.15) is 6.42 Å². The van der Waals surface area contributed by atoms with Crippen LogP contribution in [-0.4, -0.2) is 46.2 Å². The number of thioether (sulfide) groups is 1. The fourth-order valence-electron chi connectivity index (χ4n) is 0.368. The molecule has 1 atom stereocenters. The van der Waals surface area contributed by atoms with Crippen molar-refractivity contribution in [2.24, 2.45) is 5.73 Å². The number of hydrogen-bond acceptors (Lipinski definition) is 4. The highest BCUT2D eigenvalue weighted by atomic mass is 32.2. The Hall–Kier alpha value is 0.0900. The first kappa shape index (κ1) is 15.6. The van der Waals surface area contributed by atoms with Crippen LogP contribution in [0.25, 0.3) is 0 Å². The topological polar surface area (TPSA) is 86.4 Å². The fourth-order valence-corrected chi connectivity index (χ4v) is 0.858. The summed E-state index contributed by atoms with van der Waals surface area (Å²) in [7, 11) is 0. The molecule has 0 aliphatic heterocycles. The SMILES string of the molecule is CSCC[C@H](N)C(=O)O.C[S+](C)[O-]. The van der Waals surface area contributed by atoms with E-state index >= 15 is 0 Å². The Balaban J connectivity index is 0. The highest BCUT2D eigenvalue weighted by Gasteiger charge is 2.08.